The molecule has 2 N–H and O–H groups in total. The van der Waals surface area contributed by atoms with Gasteiger partial charge < -0.3 is 19.8 Å². The van der Waals surface area contributed by atoms with Crippen LogP contribution < -0.4 is 5.32 Å². The zero-order chi connectivity index (χ0) is 20.2. The molecule has 152 valence electrons. The molecule has 2 aromatic heterocycles. The maximum Gasteiger partial charge on any atom is 0.317 e. The van der Waals surface area contributed by atoms with Crippen LogP contribution in [0.15, 0.2) is 42.9 Å². The Kier molecular flexibility index (Phi) is 5.59. The SMILES string of the molecule is Cc1nccn1CCNC(=O)N1CCC(c2ncc(-c3ccc(F)cc3)[nH]2)CC1. The van der Waals surface area contributed by atoms with Gasteiger partial charge in [0.15, 0.2) is 0 Å². The van der Waals surface area contributed by atoms with E-state index in [-0.39, 0.29) is 11.8 Å². The molecule has 3 aromatic rings. The predicted octanol–water partition coefficient (Wildman–Crippen LogP) is 3.31. The highest BCUT2D eigenvalue weighted by Crippen LogP contribution is 2.28. The van der Waals surface area contributed by atoms with E-state index in [1.807, 2.05) is 22.6 Å². The van der Waals surface area contributed by atoms with Crippen LogP contribution in [0.2, 0.25) is 0 Å². The van der Waals surface area contributed by atoms with Gasteiger partial charge in [-0.1, -0.05) is 0 Å². The number of piperidine rings is 1. The van der Waals surface area contributed by atoms with Crippen molar-refractivity contribution in [2.24, 2.45) is 0 Å². The van der Waals surface area contributed by atoms with E-state index in [1.165, 1.54) is 12.1 Å². The second-order valence-corrected chi connectivity index (χ2v) is 7.35. The molecule has 1 aliphatic heterocycles. The molecule has 0 aliphatic carbocycles. The number of carbonyl (C=O) groups excluding carboxylic acids is 1. The molecule has 8 heteroatoms. The Labute approximate surface area is 169 Å². The number of likely N-dealkylation sites (tertiary alicyclic amines) is 1. The first-order chi connectivity index (χ1) is 14.1. The number of aromatic nitrogens is 4. The van der Waals surface area contributed by atoms with Crippen LogP contribution >= 0.6 is 0 Å². The van der Waals surface area contributed by atoms with Gasteiger partial charge >= 0.3 is 6.03 Å². The van der Waals surface area contributed by atoms with Crippen LogP contribution in [0.25, 0.3) is 11.3 Å². The van der Waals surface area contributed by atoms with E-state index in [4.69, 9.17) is 0 Å². The number of urea groups is 1. The molecular formula is C21H25FN6O. The first-order valence-corrected chi connectivity index (χ1v) is 9.91. The Morgan fingerprint density at radius 1 is 1.24 bits per heavy atom. The average Bonchev–Trinajstić information content (AvgIpc) is 3.38. The molecule has 7 nitrogen and oxygen atoms in total. The van der Waals surface area contributed by atoms with Gasteiger partial charge in [0.1, 0.15) is 17.5 Å². The highest BCUT2D eigenvalue weighted by Gasteiger charge is 2.25. The standard InChI is InChI=1S/C21H25FN6O/c1-15-23-8-12-27(15)13-9-24-21(29)28-10-6-17(7-11-28)20-25-14-19(26-20)16-2-4-18(22)5-3-16/h2-5,8,12,14,17H,6-7,9-11,13H2,1H3,(H,24,29)(H,25,26). The zero-order valence-electron chi connectivity index (χ0n) is 16.4. The van der Waals surface area contributed by atoms with E-state index >= 15 is 0 Å². The van der Waals surface area contributed by atoms with Gasteiger partial charge in [0.05, 0.1) is 11.9 Å². The third kappa shape index (κ3) is 4.47. The minimum Gasteiger partial charge on any atom is -0.342 e. The maximum absolute atomic E-state index is 13.1. The van der Waals surface area contributed by atoms with Crippen LogP contribution in [-0.2, 0) is 6.54 Å². The summed E-state index contributed by atoms with van der Waals surface area (Å²) < 4.78 is 15.1. The highest BCUT2D eigenvalue weighted by molar-refractivity contribution is 5.74. The van der Waals surface area contributed by atoms with E-state index in [1.54, 1.807) is 24.5 Å². The number of aromatic amines is 1. The van der Waals surface area contributed by atoms with Gasteiger partial charge in [-0.2, -0.15) is 0 Å². The first-order valence-electron chi connectivity index (χ1n) is 9.91. The van der Waals surface area contributed by atoms with Crippen molar-refractivity contribution in [3.8, 4) is 11.3 Å². The molecule has 0 atom stereocenters. The summed E-state index contributed by atoms with van der Waals surface area (Å²) in [6, 6.07) is 6.35. The highest BCUT2D eigenvalue weighted by atomic mass is 19.1. The summed E-state index contributed by atoms with van der Waals surface area (Å²) in [4.78, 5) is 26.3. The van der Waals surface area contributed by atoms with Crippen molar-refractivity contribution in [1.29, 1.82) is 0 Å². The fourth-order valence-corrected chi connectivity index (χ4v) is 3.71. The van der Waals surface area contributed by atoms with Gasteiger partial charge in [-0.15, -0.1) is 0 Å². The van der Waals surface area contributed by atoms with Gasteiger partial charge in [0.2, 0.25) is 0 Å². The molecule has 1 aromatic carbocycles. The fourth-order valence-electron chi connectivity index (χ4n) is 3.71. The van der Waals surface area contributed by atoms with Crippen LogP contribution in [0, 0.1) is 12.7 Å². The summed E-state index contributed by atoms with van der Waals surface area (Å²) in [7, 11) is 0. The summed E-state index contributed by atoms with van der Waals surface area (Å²) in [6.07, 6.45) is 7.20. The number of carbonyl (C=O) groups is 1. The number of aryl methyl sites for hydroxylation is 1. The van der Waals surface area contributed by atoms with Gasteiger partial charge in [0, 0.05) is 44.5 Å². The lowest BCUT2D eigenvalue weighted by Gasteiger charge is -2.31. The van der Waals surface area contributed by atoms with Gasteiger partial charge in [-0.05, 0) is 49.6 Å². The van der Waals surface area contributed by atoms with E-state index in [2.05, 4.69) is 20.3 Å². The zero-order valence-corrected chi connectivity index (χ0v) is 16.4. The van der Waals surface area contributed by atoms with Crippen molar-refractivity contribution in [3.05, 3.63) is 60.3 Å². The molecule has 3 heterocycles. The summed E-state index contributed by atoms with van der Waals surface area (Å²) in [6.45, 7) is 4.64. The molecule has 0 radical (unpaired) electrons. The monoisotopic (exact) mass is 396 g/mol. The molecule has 0 saturated carbocycles. The van der Waals surface area contributed by atoms with E-state index in [0.717, 1.165) is 35.7 Å². The predicted molar refractivity (Wildman–Crippen MR) is 108 cm³/mol. The normalized spacial score (nSPS) is 14.9. The topological polar surface area (TPSA) is 78.8 Å². The van der Waals surface area contributed by atoms with Gasteiger partial charge in [0.25, 0.3) is 0 Å². The van der Waals surface area contributed by atoms with E-state index in [0.29, 0.717) is 32.1 Å². The van der Waals surface area contributed by atoms with Crippen LogP contribution in [0.5, 0.6) is 0 Å². The molecule has 0 spiro atoms. The smallest absolute Gasteiger partial charge is 0.317 e. The number of H-pyrrole nitrogens is 1. The summed E-state index contributed by atoms with van der Waals surface area (Å²) in [5, 5.41) is 2.99. The van der Waals surface area contributed by atoms with Crippen LogP contribution in [0.4, 0.5) is 9.18 Å². The molecule has 1 aliphatic rings. The maximum atomic E-state index is 13.1. The van der Waals surface area contributed by atoms with Crippen molar-refractivity contribution >= 4 is 6.03 Å². The average molecular weight is 396 g/mol. The lowest BCUT2D eigenvalue weighted by molar-refractivity contribution is 0.180. The van der Waals surface area contributed by atoms with Crippen LogP contribution in [-0.4, -0.2) is 50.1 Å². The summed E-state index contributed by atoms with van der Waals surface area (Å²) in [5.41, 5.74) is 1.80. The Morgan fingerprint density at radius 3 is 2.69 bits per heavy atom. The first kappa shape index (κ1) is 19.2. The minimum absolute atomic E-state index is 0.0207. The molecule has 0 bridgehead atoms. The Hall–Kier alpha value is -3.16. The van der Waals surface area contributed by atoms with Crippen LogP contribution in [0.3, 0.4) is 0 Å². The molecule has 1 fully saturated rings. The number of halogens is 1. The molecule has 4 rings (SSSR count). The number of hydrogen-bond acceptors (Lipinski definition) is 3. The lowest BCUT2D eigenvalue weighted by Crippen LogP contribution is -2.45. The third-order valence-electron chi connectivity index (χ3n) is 5.47. The largest absolute Gasteiger partial charge is 0.342 e. The quantitative estimate of drug-likeness (QED) is 0.694. The lowest BCUT2D eigenvalue weighted by atomic mass is 9.96. The van der Waals surface area contributed by atoms with E-state index in [9.17, 15) is 9.18 Å². The number of nitrogens with one attached hydrogen (secondary N) is 2. The number of rotatable bonds is 5. The minimum atomic E-state index is -0.251. The number of benzene rings is 1. The third-order valence-corrected chi connectivity index (χ3v) is 5.47. The Morgan fingerprint density at radius 2 is 2.00 bits per heavy atom. The van der Waals surface area contributed by atoms with Crippen molar-refractivity contribution in [3.63, 3.8) is 0 Å². The van der Waals surface area contributed by atoms with E-state index < -0.39 is 0 Å². The number of nitrogens with zero attached hydrogens (tertiary/aromatic N) is 4. The number of imidazole rings is 2. The molecule has 1 saturated heterocycles. The second kappa shape index (κ2) is 8.46. The van der Waals surface area contributed by atoms with Crippen molar-refractivity contribution in [2.75, 3.05) is 19.6 Å². The molecule has 0 unspecified atom stereocenters. The Balaban J connectivity index is 1.26. The number of hydrogen-bond donors (Lipinski definition) is 2. The summed E-state index contributed by atoms with van der Waals surface area (Å²) in [5.74, 6) is 1.92. The second-order valence-electron chi connectivity index (χ2n) is 7.35. The fraction of sp³-hybridized carbons (Fsp3) is 0.381. The molecular weight excluding hydrogens is 371 g/mol. The summed E-state index contributed by atoms with van der Waals surface area (Å²) >= 11 is 0. The van der Waals surface area contributed by atoms with Gasteiger partial charge in [-0.25, -0.2) is 19.2 Å². The Bertz CT molecular complexity index is 956. The van der Waals surface area contributed by atoms with Crippen molar-refractivity contribution < 1.29 is 9.18 Å². The molecule has 29 heavy (non-hydrogen) atoms. The van der Waals surface area contributed by atoms with Gasteiger partial charge in [-0.3, -0.25) is 0 Å². The number of amides is 2. The molecule has 2 amide bonds. The van der Waals surface area contributed by atoms with Crippen molar-refractivity contribution in [2.45, 2.75) is 32.2 Å². The van der Waals surface area contributed by atoms with Crippen LogP contribution in [0.1, 0.15) is 30.4 Å². The van der Waals surface area contributed by atoms with Crippen molar-refractivity contribution in [1.82, 2.24) is 29.7 Å².